The van der Waals surface area contributed by atoms with Gasteiger partial charge in [-0.25, -0.2) is 4.79 Å². The number of hydrogen-bond donors (Lipinski definition) is 2. The third-order valence-electron chi connectivity index (χ3n) is 4.57. The topological polar surface area (TPSA) is 98.1 Å². The van der Waals surface area contributed by atoms with Gasteiger partial charge in [0.25, 0.3) is 0 Å². The summed E-state index contributed by atoms with van der Waals surface area (Å²) in [7, 11) is 0. The summed E-state index contributed by atoms with van der Waals surface area (Å²) >= 11 is 0. The molecule has 0 aromatic carbocycles. The minimum atomic E-state index is -2.92. The molecule has 0 radical (unpaired) electrons. The number of hydrogen-bond acceptors (Lipinski definition) is 5. The number of amides is 2. The largest absolute Gasteiger partial charge is 0.444 e. The van der Waals surface area contributed by atoms with Gasteiger partial charge in [0.05, 0.1) is 29.5 Å². The third-order valence-corrected chi connectivity index (χ3v) is 4.57. The highest BCUT2D eigenvalue weighted by Gasteiger charge is 2.25. The molecule has 0 saturated carbocycles. The van der Waals surface area contributed by atoms with Crippen LogP contribution in [0.5, 0.6) is 0 Å². The Hall–Kier alpha value is -3.30. The molecule has 2 N–H and O–H groups in total. The normalized spacial score (nSPS) is 20.2. The first-order chi connectivity index (χ1) is 14.5. The van der Waals surface area contributed by atoms with Crippen LogP contribution in [0.25, 0.3) is 11.4 Å². The van der Waals surface area contributed by atoms with E-state index < -0.39 is 30.2 Å². The lowest BCUT2D eigenvalue weighted by Crippen LogP contribution is -2.35. The lowest BCUT2D eigenvalue weighted by Gasteiger charge is -2.24. The summed E-state index contributed by atoms with van der Waals surface area (Å²) < 4.78 is 33.0. The second-order valence-corrected chi connectivity index (χ2v) is 8.24. The van der Waals surface area contributed by atoms with Crippen molar-refractivity contribution in [1.82, 2.24) is 20.1 Å². The van der Waals surface area contributed by atoms with E-state index in [-0.39, 0.29) is 23.0 Å². The van der Waals surface area contributed by atoms with Gasteiger partial charge in [0.15, 0.2) is 0 Å². The van der Waals surface area contributed by atoms with E-state index in [1.807, 2.05) is 0 Å². The zero-order valence-corrected chi connectivity index (χ0v) is 17.7. The van der Waals surface area contributed by atoms with Gasteiger partial charge in [0.2, 0.25) is 5.91 Å². The molecule has 0 unspecified atom stereocenters. The molecular formula is C21H25F2N5O3. The SMILES string of the molecule is C[C@@H]1/C=C/C[C@H](NC(=O)OC(C)(C)C)c2ccnc(c2)-c2c(cnn2C(F)F)NC1=O. The minimum Gasteiger partial charge on any atom is -0.444 e. The summed E-state index contributed by atoms with van der Waals surface area (Å²) in [5, 5.41) is 9.16. The number of fused-ring (bicyclic) bond motifs is 4. The Morgan fingerprint density at radius 3 is 2.81 bits per heavy atom. The zero-order valence-electron chi connectivity index (χ0n) is 17.7. The molecule has 0 fully saturated rings. The first-order valence-electron chi connectivity index (χ1n) is 9.84. The standard InChI is InChI=1S/C21H25F2N5O3/c1-12-6-5-7-14(27-20(30)31-21(2,3)4)13-8-9-24-15(10-13)17-16(26-18(12)29)11-25-28(17)19(22)23/h5-6,8-12,14,19H,7H2,1-4H3,(H,26,29)(H,27,30)/b6-5+/t12-,14+/m1/s1. The highest BCUT2D eigenvalue weighted by atomic mass is 19.3. The van der Waals surface area contributed by atoms with Crippen LogP contribution < -0.4 is 10.6 Å². The molecule has 2 aromatic heterocycles. The van der Waals surface area contributed by atoms with E-state index in [4.69, 9.17) is 4.74 Å². The van der Waals surface area contributed by atoms with Crippen molar-refractivity contribution in [3.8, 4) is 11.4 Å². The van der Waals surface area contributed by atoms with Crippen molar-refractivity contribution in [2.45, 2.75) is 52.3 Å². The molecule has 2 atom stereocenters. The summed E-state index contributed by atoms with van der Waals surface area (Å²) in [5.74, 6) is -0.907. The quantitative estimate of drug-likeness (QED) is 0.683. The number of rotatable bonds is 2. The van der Waals surface area contributed by atoms with Gasteiger partial charge in [0.1, 0.15) is 11.3 Å². The Bertz CT molecular complexity index is 997. The van der Waals surface area contributed by atoms with Crippen molar-refractivity contribution in [2.24, 2.45) is 5.92 Å². The maximum atomic E-state index is 13.6. The fourth-order valence-electron chi connectivity index (χ4n) is 3.13. The molecule has 1 aliphatic heterocycles. The van der Waals surface area contributed by atoms with E-state index >= 15 is 0 Å². The Kier molecular flexibility index (Phi) is 6.37. The highest BCUT2D eigenvalue weighted by molar-refractivity contribution is 5.96. The van der Waals surface area contributed by atoms with Crippen LogP contribution in [0.15, 0.2) is 36.7 Å². The number of carbonyl (C=O) groups excluding carboxylic acids is 2. The summed E-state index contributed by atoms with van der Waals surface area (Å²) in [5.41, 5.74) is 0.275. The van der Waals surface area contributed by atoms with Crippen molar-refractivity contribution in [2.75, 3.05) is 5.32 Å². The average Bonchev–Trinajstić information content (AvgIpc) is 3.08. The van der Waals surface area contributed by atoms with Crippen molar-refractivity contribution in [3.05, 3.63) is 42.2 Å². The number of alkyl carbamates (subject to hydrolysis) is 1. The maximum absolute atomic E-state index is 13.6. The Labute approximate surface area is 178 Å². The van der Waals surface area contributed by atoms with Crippen molar-refractivity contribution >= 4 is 17.7 Å². The molecule has 0 saturated heterocycles. The summed E-state index contributed by atoms with van der Waals surface area (Å²) in [6.07, 6.45) is 5.87. The van der Waals surface area contributed by atoms with Crippen LogP contribution in [0.3, 0.4) is 0 Å². The Balaban J connectivity index is 2.07. The molecule has 2 amide bonds. The average molecular weight is 433 g/mol. The van der Waals surface area contributed by atoms with Crippen LogP contribution in [0.1, 0.15) is 52.3 Å². The number of nitrogens with one attached hydrogen (secondary N) is 2. The van der Waals surface area contributed by atoms with E-state index in [0.29, 0.717) is 16.7 Å². The molecular weight excluding hydrogens is 408 g/mol. The van der Waals surface area contributed by atoms with E-state index in [1.54, 1.807) is 52.0 Å². The number of ether oxygens (including phenoxy) is 1. The monoisotopic (exact) mass is 433 g/mol. The fraction of sp³-hybridized carbons (Fsp3) is 0.429. The number of aromatic nitrogens is 3. The summed E-state index contributed by atoms with van der Waals surface area (Å²) in [6, 6.07) is 2.76. The van der Waals surface area contributed by atoms with Crippen molar-refractivity contribution in [1.29, 1.82) is 0 Å². The molecule has 2 aromatic rings. The third kappa shape index (κ3) is 5.44. The predicted octanol–water partition coefficient (Wildman–Crippen LogP) is 4.44. The molecule has 3 heterocycles. The van der Waals surface area contributed by atoms with Crippen molar-refractivity contribution in [3.63, 3.8) is 0 Å². The van der Waals surface area contributed by atoms with Crippen LogP contribution in [0, 0.1) is 5.92 Å². The van der Waals surface area contributed by atoms with Gasteiger partial charge in [0, 0.05) is 6.20 Å². The number of halogens is 2. The number of alkyl halides is 2. The highest BCUT2D eigenvalue weighted by Crippen LogP contribution is 2.32. The number of pyridine rings is 1. The molecule has 31 heavy (non-hydrogen) atoms. The summed E-state index contributed by atoms with van der Waals surface area (Å²) in [4.78, 5) is 29.1. The Morgan fingerprint density at radius 2 is 2.13 bits per heavy atom. The fourth-order valence-corrected chi connectivity index (χ4v) is 3.13. The molecule has 1 aliphatic rings. The minimum absolute atomic E-state index is 0.0158. The van der Waals surface area contributed by atoms with Gasteiger partial charge >= 0.3 is 12.6 Å². The lowest BCUT2D eigenvalue weighted by molar-refractivity contribution is -0.118. The van der Waals surface area contributed by atoms with Crippen LogP contribution in [0.2, 0.25) is 0 Å². The number of anilines is 1. The molecule has 166 valence electrons. The van der Waals surface area contributed by atoms with Gasteiger partial charge in [-0.05, 0) is 44.9 Å². The molecule has 10 heteroatoms. The first kappa shape index (κ1) is 22.4. The van der Waals surface area contributed by atoms with Crippen LogP contribution in [-0.4, -0.2) is 32.4 Å². The van der Waals surface area contributed by atoms with E-state index in [2.05, 4.69) is 20.7 Å². The van der Waals surface area contributed by atoms with Crippen molar-refractivity contribution < 1.29 is 23.1 Å². The second kappa shape index (κ2) is 8.83. The molecule has 8 nitrogen and oxygen atoms in total. The second-order valence-electron chi connectivity index (χ2n) is 8.24. The lowest BCUT2D eigenvalue weighted by atomic mass is 10.0. The van der Waals surface area contributed by atoms with Gasteiger partial charge in [-0.2, -0.15) is 18.6 Å². The number of carbonyl (C=O) groups is 2. The predicted molar refractivity (Wildman–Crippen MR) is 110 cm³/mol. The molecule has 0 spiro atoms. The molecule has 3 rings (SSSR count). The van der Waals surface area contributed by atoms with Gasteiger partial charge < -0.3 is 15.4 Å². The zero-order chi connectivity index (χ0) is 22.8. The maximum Gasteiger partial charge on any atom is 0.408 e. The van der Waals surface area contributed by atoms with E-state index in [0.717, 1.165) is 0 Å². The Morgan fingerprint density at radius 1 is 1.39 bits per heavy atom. The summed E-state index contributed by atoms with van der Waals surface area (Å²) in [6.45, 7) is 4.03. The van der Waals surface area contributed by atoms with Crippen LogP contribution >= 0.6 is 0 Å². The van der Waals surface area contributed by atoms with Crippen LogP contribution in [-0.2, 0) is 9.53 Å². The first-order valence-corrected chi connectivity index (χ1v) is 9.84. The molecule has 0 aliphatic carbocycles. The molecule has 2 bridgehead atoms. The van der Waals surface area contributed by atoms with Crippen LogP contribution in [0.4, 0.5) is 19.3 Å². The van der Waals surface area contributed by atoms with Gasteiger partial charge in [-0.1, -0.05) is 19.1 Å². The van der Waals surface area contributed by atoms with Gasteiger partial charge in [-0.3, -0.25) is 9.78 Å². The smallest absolute Gasteiger partial charge is 0.408 e. The van der Waals surface area contributed by atoms with E-state index in [9.17, 15) is 18.4 Å². The number of nitrogens with zero attached hydrogens (tertiary/aromatic N) is 3. The van der Waals surface area contributed by atoms with E-state index in [1.165, 1.54) is 12.4 Å². The van der Waals surface area contributed by atoms with Gasteiger partial charge in [-0.15, -0.1) is 0 Å².